The average molecular weight is 791 g/mol. The van der Waals surface area contributed by atoms with Crippen molar-refractivity contribution in [1.82, 2.24) is 28.9 Å². The van der Waals surface area contributed by atoms with E-state index in [4.69, 9.17) is 33.0 Å². The smallest absolute Gasteiger partial charge is 0.354 e. The number of hydrogen-bond acceptors (Lipinski definition) is 6. The number of carboxylic acid groups (broad SMARTS) is 1. The van der Waals surface area contributed by atoms with Crippen molar-refractivity contribution in [2.75, 3.05) is 18.1 Å². The van der Waals surface area contributed by atoms with Gasteiger partial charge in [0.15, 0.2) is 5.69 Å². The van der Waals surface area contributed by atoms with Gasteiger partial charge < -0.3 is 23.9 Å². The summed E-state index contributed by atoms with van der Waals surface area (Å²) in [4.78, 5) is 39.0. The Hall–Kier alpha value is -5.65. The molecule has 8 rings (SSSR count). The highest BCUT2D eigenvalue weighted by atomic mass is 35.5. The maximum Gasteiger partial charge on any atom is 0.354 e. The minimum atomic E-state index is -1.15. The number of carbonyl (C=O) groups is 2. The van der Waals surface area contributed by atoms with E-state index in [2.05, 4.69) is 21.5 Å². The molecule has 1 aliphatic rings. The zero-order valence-corrected chi connectivity index (χ0v) is 33.5. The predicted molar refractivity (Wildman–Crippen MR) is 220 cm³/mol. The van der Waals surface area contributed by atoms with E-state index in [-0.39, 0.29) is 30.7 Å². The third-order valence-electron chi connectivity index (χ3n) is 10.9. The fourth-order valence-electron chi connectivity index (χ4n) is 8.41. The van der Waals surface area contributed by atoms with E-state index in [0.29, 0.717) is 52.6 Å². The molecule has 0 unspecified atom stereocenters. The molecule has 1 amide bonds. The normalized spacial score (nSPS) is 14.2. The van der Waals surface area contributed by atoms with Crippen LogP contribution in [0.15, 0.2) is 67.0 Å². The molecule has 11 nitrogen and oxygen atoms in total. The van der Waals surface area contributed by atoms with E-state index in [1.165, 1.54) is 0 Å². The van der Waals surface area contributed by atoms with Crippen LogP contribution >= 0.6 is 23.2 Å². The molecule has 4 aromatic heterocycles. The first kappa shape index (κ1) is 37.3. The van der Waals surface area contributed by atoms with Gasteiger partial charge in [-0.1, -0.05) is 47.5 Å². The lowest BCUT2D eigenvalue weighted by Gasteiger charge is -2.34. The summed E-state index contributed by atoms with van der Waals surface area (Å²) in [5.74, 6) is -0.249. The van der Waals surface area contributed by atoms with Crippen molar-refractivity contribution in [1.29, 1.82) is 0 Å². The van der Waals surface area contributed by atoms with Gasteiger partial charge in [0, 0.05) is 64.6 Å². The fraction of sp³-hybridized carbons (Fsp3) is 0.279. The Bertz CT molecular complexity index is 2690. The molecule has 0 saturated carbocycles. The van der Waals surface area contributed by atoms with Crippen LogP contribution in [0, 0.1) is 27.7 Å². The molecule has 0 bridgehead atoms. The van der Waals surface area contributed by atoms with Crippen molar-refractivity contribution in [2.24, 2.45) is 7.05 Å². The van der Waals surface area contributed by atoms with Gasteiger partial charge >= 0.3 is 5.97 Å². The molecule has 3 aromatic carbocycles. The minimum absolute atomic E-state index is 0.00221. The lowest BCUT2D eigenvalue weighted by atomic mass is 9.98. The molecule has 1 N–H and O–H groups in total. The van der Waals surface area contributed by atoms with Crippen LogP contribution in [0.5, 0.6) is 5.75 Å². The number of benzene rings is 3. The molecule has 0 fully saturated rings. The largest absolute Gasteiger partial charge is 0.494 e. The summed E-state index contributed by atoms with van der Waals surface area (Å²) < 4.78 is 11.9. The zero-order valence-electron chi connectivity index (χ0n) is 32.0. The molecular weight excluding hydrogens is 749 g/mol. The van der Waals surface area contributed by atoms with Crippen LogP contribution in [0.25, 0.3) is 32.9 Å². The van der Waals surface area contributed by atoms with Crippen LogP contribution in [0.2, 0.25) is 10.0 Å². The van der Waals surface area contributed by atoms with Crippen LogP contribution in [-0.4, -0.2) is 59.0 Å². The highest BCUT2D eigenvalue weighted by Crippen LogP contribution is 2.46. The van der Waals surface area contributed by atoms with Crippen molar-refractivity contribution in [3.05, 3.63) is 122 Å². The van der Waals surface area contributed by atoms with Gasteiger partial charge in [-0.3, -0.25) is 9.48 Å². The number of carboxylic acids is 1. The Morgan fingerprint density at radius 1 is 0.964 bits per heavy atom. The third kappa shape index (κ3) is 6.10. The van der Waals surface area contributed by atoms with E-state index in [0.717, 1.165) is 60.9 Å². The molecule has 7 aromatic rings. The number of halogens is 2. The summed E-state index contributed by atoms with van der Waals surface area (Å²) in [5, 5.41) is 18.4. The number of aromatic carboxylic acids is 1. The molecule has 0 aliphatic carbocycles. The van der Waals surface area contributed by atoms with E-state index in [9.17, 15) is 9.90 Å². The first-order valence-corrected chi connectivity index (χ1v) is 19.3. The number of aryl methyl sites for hydroxylation is 5. The molecular formula is C43H41Cl2N7O4. The number of amides is 1. The topological polar surface area (TPSA) is 120 Å². The van der Waals surface area contributed by atoms with Gasteiger partial charge in [0.05, 0.1) is 40.6 Å². The fourth-order valence-corrected chi connectivity index (χ4v) is 8.77. The van der Waals surface area contributed by atoms with Crippen LogP contribution in [0.1, 0.15) is 74.3 Å². The summed E-state index contributed by atoms with van der Waals surface area (Å²) in [5.41, 5.74) is 8.63. The highest BCUT2D eigenvalue weighted by Gasteiger charge is 2.40. The van der Waals surface area contributed by atoms with Crippen LogP contribution in [0.3, 0.4) is 0 Å². The Labute approximate surface area is 334 Å². The summed E-state index contributed by atoms with van der Waals surface area (Å²) in [6.45, 7) is 10.7. The van der Waals surface area contributed by atoms with Crippen molar-refractivity contribution in [3.63, 3.8) is 0 Å². The van der Waals surface area contributed by atoms with Crippen molar-refractivity contribution < 1.29 is 19.4 Å². The van der Waals surface area contributed by atoms with Gasteiger partial charge in [-0.25, -0.2) is 14.8 Å². The van der Waals surface area contributed by atoms with Crippen LogP contribution in [0.4, 0.5) is 5.69 Å². The first-order chi connectivity index (χ1) is 26.9. The quantitative estimate of drug-likeness (QED) is 0.137. The van der Waals surface area contributed by atoms with E-state index in [1.807, 2.05) is 88.0 Å². The second-order valence-corrected chi connectivity index (χ2v) is 15.3. The van der Waals surface area contributed by atoms with E-state index < -0.39 is 5.97 Å². The Kier molecular flexibility index (Phi) is 9.62. The molecule has 1 aliphatic heterocycles. The predicted octanol–water partition coefficient (Wildman–Crippen LogP) is 9.31. The minimum Gasteiger partial charge on any atom is -0.494 e. The second-order valence-electron chi connectivity index (χ2n) is 14.5. The maximum absolute atomic E-state index is 15.4. The van der Waals surface area contributed by atoms with Gasteiger partial charge in [-0.15, -0.1) is 0 Å². The van der Waals surface area contributed by atoms with E-state index in [1.54, 1.807) is 27.9 Å². The van der Waals surface area contributed by atoms with Crippen LogP contribution < -0.4 is 9.64 Å². The maximum atomic E-state index is 15.4. The molecule has 56 heavy (non-hydrogen) atoms. The molecule has 1 atom stereocenters. The van der Waals surface area contributed by atoms with Gasteiger partial charge in [-0.05, 0) is 94.5 Å². The summed E-state index contributed by atoms with van der Waals surface area (Å²) in [7, 11) is 1.91. The lowest BCUT2D eigenvalue weighted by molar-refractivity contribution is 0.0687. The molecule has 286 valence electrons. The van der Waals surface area contributed by atoms with Crippen molar-refractivity contribution >= 4 is 62.6 Å². The van der Waals surface area contributed by atoms with Gasteiger partial charge in [-0.2, -0.15) is 5.10 Å². The number of rotatable bonds is 10. The molecule has 0 radical (unpaired) electrons. The standard InChI is InChI=1S/C43H41Cl2N7O4/c1-23-19-28(20-24(2)37(23)45)56-18-9-12-29-30-14-15-32(44)36(35-26(4)48-49(6)27(35)5)38(30)52-25(3)21-51(42(53)40(29)52)39-31-11-7-8-13-33(31)50(41(39)43(54)55)22-34-46-16-10-17-47-34/h7-8,10-11,13-17,19-20,25H,9,12,18,21-22H2,1-6H3,(H,54,55)/t25-/m1/s1. The summed E-state index contributed by atoms with van der Waals surface area (Å²) in [6.07, 6.45) is 4.38. The summed E-state index contributed by atoms with van der Waals surface area (Å²) in [6, 6.07) is 16.6. The number of fused-ring (bicyclic) bond motifs is 4. The zero-order chi connectivity index (χ0) is 39.6. The number of nitrogens with zero attached hydrogens (tertiary/aromatic N) is 7. The Morgan fingerprint density at radius 3 is 2.36 bits per heavy atom. The van der Waals surface area contributed by atoms with Crippen molar-refractivity contribution in [2.45, 2.75) is 60.0 Å². The van der Waals surface area contributed by atoms with Gasteiger partial charge in [0.25, 0.3) is 5.91 Å². The number of hydrogen-bond donors (Lipinski definition) is 1. The molecule has 0 spiro atoms. The monoisotopic (exact) mass is 789 g/mol. The SMILES string of the molecule is Cc1cc(OCCCc2c3n(c4c(-c5c(C)nn(C)c5C)c(Cl)ccc24)[C@H](C)CN(c2c(C(=O)O)n(Cc4ncccn4)c4ccccc24)C3=O)cc(C)c1Cl. The van der Waals surface area contributed by atoms with Crippen molar-refractivity contribution in [3.8, 4) is 16.9 Å². The lowest BCUT2D eigenvalue weighted by Crippen LogP contribution is -2.43. The molecule has 5 heterocycles. The average Bonchev–Trinajstić information content (AvgIpc) is 3.77. The first-order valence-electron chi connectivity index (χ1n) is 18.5. The number of ether oxygens (including phenoxy) is 1. The third-order valence-corrected chi connectivity index (χ3v) is 11.8. The summed E-state index contributed by atoms with van der Waals surface area (Å²) >= 11 is 13.5. The Morgan fingerprint density at radius 2 is 1.68 bits per heavy atom. The van der Waals surface area contributed by atoms with Gasteiger partial charge in [0.1, 0.15) is 17.3 Å². The van der Waals surface area contributed by atoms with Gasteiger partial charge in [0.2, 0.25) is 0 Å². The number of para-hydroxylation sites is 1. The second kappa shape index (κ2) is 14.5. The highest BCUT2D eigenvalue weighted by molar-refractivity contribution is 6.35. The Balaban J connectivity index is 1.30. The number of aromatic nitrogens is 6. The molecule has 13 heteroatoms. The number of anilines is 1. The molecule has 0 saturated heterocycles. The van der Waals surface area contributed by atoms with Crippen LogP contribution in [-0.2, 0) is 20.0 Å². The van der Waals surface area contributed by atoms with E-state index >= 15 is 4.79 Å². The number of carbonyl (C=O) groups excluding carboxylic acids is 1.